The van der Waals surface area contributed by atoms with Crippen molar-refractivity contribution in [2.45, 2.75) is 32.2 Å². The molecule has 0 aliphatic rings. The van der Waals surface area contributed by atoms with Gasteiger partial charge in [0.1, 0.15) is 0 Å². The summed E-state index contributed by atoms with van der Waals surface area (Å²) in [5.41, 5.74) is 0. The summed E-state index contributed by atoms with van der Waals surface area (Å²) in [6.45, 7) is 2.13. The molecule has 2 atom stereocenters. The van der Waals surface area contributed by atoms with Gasteiger partial charge >= 0.3 is 12.4 Å². The van der Waals surface area contributed by atoms with Gasteiger partial charge in [-0.3, -0.25) is 4.79 Å². The smallest absolute Gasteiger partial charge is 0.420 e. The third-order valence-electron chi connectivity index (χ3n) is 1.37. The number of aliphatic hydroxyl groups is 2. The van der Waals surface area contributed by atoms with Gasteiger partial charge in [0.2, 0.25) is 0 Å². The van der Waals surface area contributed by atoms with Crippen molar-refractivity contribution in [3.8, 4) is 0 Å². The lowest BCUT2D eigenvalue weighted by Gasteiger charge is -2.18. The predicted octanol–water partition coefficient (Wildman–Crippen LogP) is -0.907. The van der Waals surface area contributed by atoms with E-state index >= 15 is 0 Å². The van der Waals surface area contributed by atoms with Crippen LogP contribution in [-0.2, 0) is 19.1 Å². The van der Waals surface area contributed by atoms with E-state index in [9.17, 15) is 9.59 Å². The molecule has 0 aromatic heterocycles. The first-order valence-corrected chi connectivity index (χ1v) is 4.16. The Morgan fingerprint density at radius 2 is 2.21 bits per heavy atom. The van der Waals surface area contributed by atoms with E-state index in [0.717, 1.165) is 6.47 Å². The van der Waals surface area contributed by atoms with Crippen LogP contribution in [0.1, 0.15) is 19.8 Å². The van der Waals surface area contributed by atoms with E-state index in [4.69, 9.17) is 10.2 Å². The summed E-state index contributed by atoms with van der Waals surface area (Å²) in [6.07, 6.45) is -2.21. The predicted molar refractivity (Wildman–Crippen MR) is 44.7 cm³/mol. The van der Waals surface area contributed by atoms with Crippen LogP contribution in [-0.4, -0.2) is 41.7 Å². The molecule has 2 N–H and O–H groups in total. The highest BCUT2D eigenvalue weighted by Gasteiger charge is 2.23. The van der Waals surface area contributed by atoms with Gasteiger partial charge in [0.05, 0.1) is 6.61 Å². The lowest BCUT2D eigenvalue weighted by Crippen LogP contribution is -2.36. The number of carbonyl (C=O) groups is 1. The third kappa shape index (κ3) is 4.78. The molecule has 0 bridgehead atoms. The maximum atomic E-state index is 10.9. The molecule has 0 aromatic rings. The third-order valence-corrected chi connectivity index (χ3v) is 1.37. The molecule has 0 rings (SSSR count). The number of esters is 1. The Balaban J connectivity index is 4.07. The molecule has 0 aliphatic heterocycles. The Morgan fingerprint density at radius 1 is 1.57 bits per heavy atom. The fourth-order valence-corrected chi connectivity index (χ4v) is 0.707. The second-order valence-corrected chi connectivity index (χ2v) is 2.56. The van der Waals surface area contributed by atoms with Crippen LogP contribution in [0.3, 0.4) is 0 Å². The van der Waals surface area contributed by atoms with E-state index in [1.807, 2.05) is 0 Å². The van der Waals surface area contributed by atoms with Crippen molar-refractivity contribution in [2.75, 3.05) is 6.61 Å². The lowest BCUT2D eigenvalue weighted by molar-refractivity contribution is -0.186. The van der Waals surface area contributed by atoms with Crippen molar-refractivity contribution in [1.82, 2.24) is 0 Å². The van der Waals surface area contributed by atoms with Crippen LogP contribution in [0.4, 0.5) is 0 Å². The van der Waals surface area contributed by atoms with Crippen LogP contribution in [0, 0.1) is 0 Å². The van der Waals surface area contributed by atoms with Crippen molar-refractivity contribution in [2.24, 2.45) is 0 Å². The standard InChI is InChI=1S/C8H13O6/c1-2-3-7(12)14-8(13-5-10)6(11)4-9/h6,8-9,11H,2-4H2,1H3. The largest absolute Gasteiger partial charge is 0.422 e. The van der Waals surface area contributed by atoms with Crippen molar-refractivity contribution < 1.29 is 29.3 Å². The molecule has 14 heavy (non-hydrogen) atoms. The Hall–Kier alpha value is -1.14. The van der Waals surface area contributed by atoms with Gasteiger partial charge in [-0.25, -0.2) is 4.79 Å². The Morgan fingerprint density at radius 3 is 2.64 bits per heavy atom. The summed E-state index contributed by atoms with van der Waals surface area (Å²) in [6, 6.07) is 0. The Kier molecular flexibility index (Phi) is 6.69. The minimum atomic E-state index is -1.49. The summed E-state index contributed by atoms with van der Waals surface area (Å²) in [5, 5.41) is 17.6. The quantitative estimate of drug-likeness (QED) is 0.413. The summed E-state index contributed by atoms with van der Waals surface area (Å²) < 4.78 is 8.70. The van der Waals surface area contributed by atoms with Crippen LogP contribution in [0.5, 0.6) is 0 Å². The monoisotopic (exact) mass is 205 g/mol. The summed E-state index contributed by atoms with van der Waals surface area (Å²) in [7, 11) is 0. The number of hydrogen-bond acceptors (Lipinski definition) is 6. The average molecular weight is 205 g/mol. The van der Waals surface area contributed by atoms with Gasteiger partial charge in [-0.1, -0.05) is 6.92 Å². The van der Waals surface area contributed by atoms with Crippen LogP contribution >= 0.6 is 0 Å². The molecule has 81 valence electrons. The van der Waals surface area contributed by atoms with Crippen LogP contribution in [0.25, 0.3) is 0 Å². The second-order valence-electron chi connectivity index (χ2n) is 2.56. The van der Waals surface area contributed by atoms with E-state index in [1.165, 1.54) is 0 Å². The van der Waals surface area contributed by atoms with E-state index in [2.05, 4.69) is 9.47 Å². The normalized spacial score (nSPS) is 14.2. The minimum Gasteiger partial charge on any atom is -0.422 e. The summed E-state index contributed by atoms with van der Waals surface area (Å²) >= 11 is 0. The number of hydrogen-bond donors (Lipinski definition) is 2. The zero-order valence-corrected chi connectivity index (χ0v) is 7.80. The fraction of sp³-hybridized carbons (Fsp3) is 0.750. The van der Waals surface area contributed by atoms with Crippen molar-refractivity contribution in [3.63, 3.8) is 0 Å². The topological polar surface area (TPSA) is 93.1 Å². The van der Waals surface area contributed by atoms with Gasteiger partial charge < -0.3 is 19.7 Å². The van der Waals surface area contributed by atoms with Crippen molar-refractivity contribution >= 4 is 12.4 Å². The van der Waals surface area contributed by atoms with Gasteiger partial charge in [0.15, 0.2) is 6.10 Å². The number of carbonyl (C=O) groups excluding carboxylic acids is 2. The van der Waals surface area contributed by atoms with Crippen molar-refractivity contribution in [3.05, 3.63) is 0 Å². The molecular weight excluding hydrogens is 192 g/mol. The van der Waals surface area contributed by atoms with Gasteiger partial charge in [-0.2, -0.15) is 0 Å². The van der Waals surface area contributed by atoms with Crippen LogP contribution < -0.4 is 0 Å². The fourth-order valence-electron chi connectivity index (χ4n) is 0.707. The molecule has 0 amide bonds. The first kappa shape index (κ1) is 12.9. The maximum absolute atomic E-state index is 10.9. The lowest BCUT2D eigenvalue weighted by atomic mass is 10.3. The molecular formula is C8H13O6. The highest BCUT2D eigenvalue weighted by Crippen LogP contribution is 2.03. The molecule has 0 aliphatic carbocycles. The van der Waals surface area contributed by atoms with E-state index in [1.54, 1.807) is 6.92 Å². The van der Waals surface area contributed by atoms with E-state index in [-0.39, 0.29) is 6.42 Å². The highest BCUT2D eigenvalue weighted by atomic mass is 16.7. The SMILES string of the molecule is CCCC(=O)OC(O[C]=O)C(O)CO. The first-order valence-electron chi connectivity index (χ1n) is 4.16. The zero-order chi connectivity index (χ0) is 11.0. The Labute approximate surface area is 81.4 Å². The first-order chi connectivity index (χ1) is 6.65. The molecule has 6 nitrogen and oxygen atoms in total. The minimum absolute atomic E-state index is 0.150. The summed E-state index contributed by atoms with van der Waals surface area (Å²) in [5.74, 6) is -0.611. The number of aliphatic hydroxyl groups excluding tert-OH is 2. The molecule has 0 heterocycles. The molecule has 0 aromatic carbocycles. The molecule has 0 saturated carbocycles. The van der Waals surface area contributed by atoms with Gasteiger partial charge in [-0.15, -0.1) is 0 Å². The molecule has 6 heteroatoms. The second kappa shape index (κ2) is 7.28. The molecule has 0 fully saturated rings. The molecule has 2 unspecified atom stereocenters. The van der Waals surface area contributed by atoms with Crippen molar-refractivity contribution in [1.29, 1.82) is 0 Å². The van der Waals surface area contributed by atoms with Gasteiger partial charge in [0.25, 0.3) is 6.29 Å². The zero-order valence-electron chi connectivity index (χ0n) is 7.80. The Bertz CT molecular complexity index is 181. The van der Waals surface area contributed by atoms with E-state index < -0.39 is 25.0 Å². The molecule has 1 radical (unpaired) electrons. The number of ether oxygens (including phenoxy) is 2. The van der Waals surface area contributed by atoms with Gasteiger partial charge in [-0.05, 0) is 6.42 Å². The summed E-state index contributed by atoms with van der Waals surface area (Å²) in [4.78, 5) is 20.8. The van der Waals surface area contributed by atoms with Gasteiger partial charge in [0, 0.05) is 6.42 Å². The van der Waals surface area contributed by atoms with E-state index in [0.29, 0.717) is 6.42 Å². The number of rotatable bonds is 7. The van der Waals surface area contributed by atoms with Crippen LogP contribution in [0.2, 0.25) is 0 Å². The van der Waals surface area contributed by atoms with Crippen LogP contribution in [0.15, 0.2) is 0 Å². The highest BCUT2D eigenvalue weighted by molar-refractivity contribution is 5.69. The maximum Gasteiger partial charge on any atom is 0.420 e. The average Bonchev–Trinajstić information content (AvgIpc) is 2.16. The molecule has 0 saturated heterocycles. The molecule has 0 spiro atoms.